The molecule has 2 rings (SSSR count). The minimum Gasteiger partial charge on any atom is -0.389 e. The average molecular weight is 292 g/mol. The van der Waals surface area contributed by atoms with E-state index < -0.39 is 0 Å². The first-order valence-electron chi connectivity index (χ1n) is 6.78. The lowest BCUT2D eigenvalue weighted by molar-refractivity contribution is -0.121. The smallest absolute Gasteiger partial charge is 0.224 e. The van der Waals surface area contributed by atoms with E-state index in [2.05, 4.69) is 5.32 Å². The van der Waals surface area contributed by atoms with Gasteiger partial charge in [-0.2, -0.15) is 0 Å². The number of nitrogens with one attached hydrogen (secondary N) is 1. The standard InChI is InChI=1S/C15H20N2O2S/c1-15(7-2-8-19-15)10-17-13(18)9-11-3-5-12(6-4-11)14(16)20/h3-6H,2,7-10H2,1H3,(H2,16,20)(H,17,18). The second-order valence-electron chi connectivity index (χ2n) is 5.42. The number of hydrogen-bond acceptors (Lipinski definition) is 3. The summed E-state index contributed by atoms with van der Waals surface area (Å²) in [6.45, 7) is 3.39. The molecule has 1 aliphatic heterocycles. The number of benzene rings is 1. The molecule has 5 heteroatoms. The van der Waals surface area contributed by atoms with Crippen LogP contribution < -0.4 is 11.1 Å². The zero-order chi connectivity index (χ0) is 14.6. The fourth-order valence-corrected chi connectivity index (χ4v) is 2.43. The fourth-order valence-electron chi connectivity index (χ4n) is 2.30. The highest BCUT2D eigenvalue weighted by molar-refractivity contribution is 7.80. The average Bonchev–Trinajstić information content (AvgIpc) is 2.85. The normalized spacial score (nSPS) is 21.6. The second kappa shape index (κ2) is 6.33. The first kappa shape index (κ1) is 14.9. The molecule has 0 spiro atoms. The number of ether oxygens (including phenoxy) is 1. The lowest BCUT2D eigenvalue weighted by Gasteiger charge is -2.23. The van der Waals surface area contributed by atoms with E-state index in [1.807, 2.05) is 31.2 Å². The Bertz CT molecular complexity index is 493. The number of amides is 1. The monoisotopic (exact) mass is 292 g/mol. The Labute approximate surface area is 124 Å². The molecule has 1 aromatic carbocycles. The molecular weight excluding hydrogens is 272 g/mol. The van der Waals surface area contributed by atoms with Crippen LogP contribution in [0.25, 0.3) is 0 Å². The molecular formula is C15H20N2O2S. The molecule has 1 aliphatic rings. The number of thiocarbonyl (C=S) groups is 1. The summed E-state index contributed by atoms with van der Waals surface area (Å²) in [4.78, 5) is 12.3. The molecule has 4 nitrogen and oxygen atoms in total. The van der Waals surface area contributed by atoms with Gasteiger partial charge in [0.25, 0.3) is 0 Å². The Morgan fingerprint density at radius 1 is 1.45 bits per heavy atom. The summed E-state index contributed by atoms with van der Waals surface area (Å²) >= 11 is 4.89. The number of nitrogens with two attached hydrogens (primary N) is 1. The van der Waals surface area contributed by atoms with E-state index >= 15 is 0 Å². The van der Waals surface area contributed by atoms with Gasteiger partial charge in [0.1, 0.15) is 4.99 Å². The van der Waals surface area contributed by atoms with Gasteiger partial charge in [0.2, 0.25) is 5.91 Å². The minimum absolute atomic E-state index is 0.00444. The van der Waals surface area contributed by atoms with Crippen LogP contribution in [0.15, 0.2) is 24.3 Å². The summed E-state index contributed by atoms with van der Waals surface area (Å²) in [5.74, 6) is 0.00444. The van der Waals surface area contributed by atoms with Gasteiger partial charge in [-0.1, -0.05) is 36.5 Å². The van der Waals surface area contributed by atoms with Crippen LogP contribution in [0.3, 0.4) is 0 Å². The number of rotatable bonds is 5. The largest absolute Gasteiger partial charge is 0.389 e. The van der Waals surface area contributed by atoms with Crippen LogP contribution in [-0.4, -0.2) is 29.6 Å². The van der Waals surface area contributed by atoms with Crippen LogP contribution in [0.4, 0.5) is 0 Å². The zero-order valence-corrected chi connectivity index (χ0v) is 12.5. The zero-order valence-electron chi connectivity index (χ0n) is 11.6. The van der Waals surface area contributed by atoms with Crippen LogP contribution in [0.5, 0.6) is 0 Å². The first-order valence-corrected chi connectivity index (χ1v) is 7.19. The van der Waals surface area contributed by atoms with E-state index in [1.54, 1.807) is 0 Å². The molecule has 1 fully saturated rings. The van der Waals surface area contributed by atoms with Crippen molar-refractivity contribution >= 4 is 23.1 Å². The SMILES string of the molecule is CC1(CNC(=O)Cc2ccc(C(N)=S)cc2)CCCO1. The van der Waals surface area contributed by atoms with Gasteiger partial charge in [-0.3, -0.25) is 4.79 Å². The van der Waals surface area contributed by atoms with Gasteiger partial charge in [0.15, 0.2) is 0 Å². The van der Waals surface area contributed by atoms with Crippen molar-refractivity contribution in [1.82, 2.24) is 5.32 Å². The second-order valence-corrected chi connectivity index (χ2v) is 5.86. The quantitative estimate of drug-likeness (QED) is 0.808. The molecule has 1 atom stereocenters. The van der Waals surface area contributed by atoms with Crippen molar-refractivity contribution in [3.8, 4) is 0 Å². The van der Waals surface area contributed by atoms with E-state index in [4.69, 9.17) is 22.7 Å². The summed E-state index contributed by atoms with van der Waals surface area (Å²) < 4.78 is 5.64. The van der Waals surface area contributed by atoms with Gasteiger partial charge in [-0.15, -0.1) is 0 Å². The molecule has 20 heavy (non-hydrogen) atoms. The molecule has 1 saturated heterocycles. The summed E-state index contributed by atoms with van der Waals surface area (Å²) in [7, 11) is 0. The number of hydrogen-bond donors (Lipinski definition) is 2. The lowest BCUT2D eigenvalue weighted by atomic mass is 10.0. The van der Waals surface area contributed by atoms with E-state index in [1.165, 1.54) is 0 Å². The Kier molecular flexibility index (Phi) is 4.73. The first-order chi connectivity index (χ1) is 9.48. The molecule has 3 N–H and O–H groups in total. The summed E-state index contributed by atoms with van der Waals surface area (Å²) in [6, 6.07) is 7.43. The highest BCUT2D eigenvalue weighted by Gasteiger charge is 2.29. The van der Waals surface area contributed by atoms with Gasteiger partial charge < -0.3 is 15.8 Å². The molecule has 1 aromatic rings. The third kappa shape index (κ3) is 4.02. The van der Waals surface area contributed by atoms with E-state index in [0.29, 0.717) is 18.0 Å². The third-order valence-electron chi connectivity index (χ3n) is 3.56. The van der Waals surface area contributed by atoms with E-state index in [0.717, 1.165) is 30.6 Å². The van der Waals surface area contributed by atoms with Crippen molar-refractivity contribution in [2.75, 3.05) is 13.2 Å². The lowest BCUT2D eigenvalue weighted by Crippen LogP contribution is -2.40. The highest BCUT2D eigenvalue weighted by Crippen LogP contribution is 2.23. The molecule has 1 heterocycles. The summed E-state index contributed by atoms with van der Waals surface area (Å²) in [5.41, 5.74) is 7.09. The third-order valence-corrected chi connectivity index (χ3v) is 3.80. The number of carbonyl (C=O) groups is 1. The van der Waals surface area contributed by atoms with Crippen LogP contribution >= 0.6 is 12.2 Å². The maximum Gasteiger partial charge on any atom is 0.224 e. The Balaban J connectivity index is 1.83. The summed E-state index contributed by atoms with van der Waals surface area (Å²) in [6.07, 6.45) is 2.41. The van der Waals surface area contributed by atoms with Gasteiger partial charge >= 0.3 is 0 Å². The predicted molar refractivity (Wildman–Crippen MR) is 82.6 cm³/mol. The molecule has 0 saturated carbocycles. The molecule has 108 valence electrons. The Morgan fingerprint density at radius 3 is 2.70 bits per heavy atom. The van der Waals surface area contributed by atoms with Crippen molar-refractivity contribution < 1.29 is 9.53 Å². The molecule has 0 aliphatic carbocycles. The van der Waals surface area contributed by atoms with Crippen LogP contribution in [0.1, 0.15) is 30.9 Å². The predicted octanol–water partition coefficient (Wildman–Crippen LogP) is 1.55. The molecule has 0 radical (unpaired) electrons. The van der Waals surface area contributed by atoms with E-state index in [-0.39, 0.29) is 11.5 Å². The van der Waals surface area contributed by atoms with Crippen molar-refractivity contribution in [3.05, 3.63) is 35.4 Å². The molecule has 0 bridgehead atoms. The summed E-state index contributed by atoms with van der Waals surface area (Å²) in [5, 5.41) is 2.94. The van der Waals surface area contributed by atoms with Gasteiger partial charge in [-0.05, 0) is 25.3 Å². The van der Waals surface area contributed by atoms with Crippen LogP contribution in [-0.2, 0) is 16.0 Å². The van der Waals surface area contributed by atoms with Gasteiger partial charge in [-0.25, -0.2) is 0 Å². The molecule has 1 amide bonds. The molecule has 1 unspecified atom stereocenters. The van der Waals surface area contributed by atoms with Crippen LogP contribution in [0.2, 0.25) is 0 Å². The maximum absolute atomic E-state index is 11.9. The van der Waals surface area contributed by atoms with Crippen molar-refractivity contribution in [1.29, 1.82) is 0 Å². The highest BCUT2D eigenvalue weighted by atomic mass is 32.1. The Morgan fingerprint density at radius 2 is 2.15 bits per heavy atom. The van der Waals surface area contributed by atoms with Gasteiger partial charge in [0, 0.05) is 18.7 Å². The maximum atomic E-state index is 11.9. The Hall–Kier alpha value is -1.46. The van der Waals surface area contributed by atoms with Crippen LogP contribution in [0, 0.1) is 0 Å². The van der Waals surface area contributed by atoms with Crippen molar-refractivity contribution in [2.24, 2.45) is 5.73 Å². The topological polar surface area (TPSA) is 64.4 Å². The van der Waals surface area contributed by atoms with E-state index in [9.17, 15) is 4.79 Å². The number of carbonyl (C=O) groups excluding carboxylic acids is 1. The van der Waals surface area contributed by atoms with Gasteiger partial charge in [0.05, 0.1) is 12.0 Å². The fraction of sp³-hybridized carbons (Fsp3) is 0.467. The van der Waals surface area contributed by atoms with Crippen molar-refractivity contribution in [2.45, 2.75) is 31.8 Å². The minimum atomic E-state index is -0.203. The molecule has 0 aromatic heterocycles. The van der Waals surface area contributed by atoms with Crippen molar-refractivity contribution in [3.63, 3.8) is 0 Å².